The van der Waals surface area contributed by atoms with Crippen LogP contribution in [0.1, 0.15) is 47.1 Å². The molecular formula is C26H34N6O. The molecule has 1 saturated heterocycles. The summed E-state index contributed by atoms with van der Waals surface area (Å²) in [5.74, 6) is 0.320. The number of aromatic nitrogens is 3. The van der Waals surface area contributed by atoms with Crippen LogP contribution in [-0.2, 0) is 11.8 Å². The maximum Gasteiger partial charge on any atom is 0.238 e. The van der Waals surface area contributed by atoms with Crippen LogP contribution >= 0.6 is 0 Å². The highest BCUT2D eigenvalue weighted by atomic mass is 16.2. The third kappa shape index (κ3) is 5.60. The van der Waals surface area contributed by atoms with Crippen LogP contribution in [0.15, 0.2) is 36.4 Å². The van der Waals surface area contributed by atoms with E-state index in [2.05, 4.69) is 64.0 Å². The number of likely N-dealkylation sites (tertiary alicyclic amines) is 1. The molecule has 0 bridgehead atoms. The molecular weight excluding hydrogens is 412 g/mol. The minimum atomic E-state index is 0.00813. The standard InChI is InChI=1S/C26H34N6O/c1-17-8-10-22(11-9-17)28-23-13-18(2)27-24(14-23)21-7-6-12-32(15-21)16-25(33)29-26-19(3)30-31(5)20(26)4/h8-11,13-14,21H,6-7,12,15-16H2,1-5H3,(H,27,28)(H,29,33)/t21-/m0/s1. The molecule has 0 aliphatic carbocycles. The number of hydrogen-bond acceptors (Lipinski definition) is 5. The van der Waals surface area contributed by atoms with Gasteiger partial charge in [-0.2, -0.15) is 5.10 Å². The normalized spacial score (nSPS) is 16.6. The molecule has 174 valence electrons. The molecule has 33 heavy (non-hydrogen) atoms. The van der Waals surface area contributed by atoms with Crippen LogP contribution in [0.4, 0.5) is 17.1 Å². The lowest BCUT2D eigenvalue weighted by Gasteiger charge is -2.32. The lowest BCUT2D eigenvalue weighted by Crippen LogP contribution is -2.40. The number of piperidine rings is 1. The second kappa shape index (κ2) is 9.75. The Labute approximate surface area is 196 Å². The first-order chi connectivity index (χ1) is 15.8. The van der Waals surface area contributed by atoms with Crippen molar-refractivity contribution in [1.29, 1.82) is 0 Å². The molecule has 1 aliphatic rings. The molecule has 3 heterocycles. The van der Waals surface area contributed by atoms with Crippen molar-refractivity contribution in [3.05, 3.63) is 64.7 Å². The monoisotopic (exact) mass is 446 g/mol. The second-order valence-electron chi connectivity index (χ2n) is 9.20. The third-order valence-electron chi connectivity index (χ3n) is 6.38. The number of amides is 1. The van der Waals surface area contributed by atoms with Crippen LogP contribution in [0.2, 0.25) is 0 Å². The number of carbonyl (C=O) groups is 1. The van der Waals surface area contributed by atoms with Gasteiger partial charge in [0.05, 0.1) is 23.6 Å². The minimum Gasteiger partial charge on any atom is -0.355 e. The van der Waals surface area contributed by atoms with Crippen molar-refractivity contribution >= 4 is 23.0 Å². The maximum atomic E-state index is 12.8. The van der Waals surface area contributed by atoms with Gasteiger partial charge in [-0.15, -0.1) is 0 Å². The predicted octanol–water partition coefficient (Wildman–Crippen LogP) is 4.61. The van der Waals surface area contributed by atoms with Crippen molar-refractivity contribution in [1.82, 2.24) is 19.7 Å². The fourth-order valence-electron chi connectivity index (χ4n) is 4.56. The van der Waals surface area contributed by atoms with Gasteiger partial charge in [-0.3, -0.25) is 19.4 Å². The fraction of sp³-hybridized carbons (Fsp3) is 0.423. The molecule has 7 nitrogen and oxygen atoms in total. The molecule has 1 amide bonds. The summed E-state index contributed by atoms with van der Waals surface area (Å²) in [6.07, 6.45) is 2.14. The molecule has 0 saturated carbocycles. The number of aryl methyl sites for hydroxylation is 4. The minimum absolute atomic E-state index is 0.00813. The van der Waals surface area contributed by atoms with E-state index >= 15 is 0 Å². The Bertz CT molecular complexity index is 1130. The molecule has 7 heteroatoms. The van der Waals surface area contributed by atoms with E-state index in [-0.39, 0.29) is 5.91 Å². The average molecular weight is 447 g/mol. The Morgan fingerprint density at radius 2 is 1.85 bits per heavy atom. The molecule has 1 fully saturated rings. The first-order valence-corrected chi connectivity index (χ1v) is 11.6. The molecule has 0 spiro atoms. The molecule has 2 aromatic heterocycles. The summed E-state index contributed by atoms with van der Waals surface area (Å²) in [4.78, 5) is 19.8. The van der Waals surface area contributed by atoms with Gasteiger partial charge in [-0.25, -0.2) is 0 Å². The molecule has 4 rings (SSSR count). The number of anilines is 3. The molecule has 1 aliphatic heterocycles. The van der Waals surface area contributed by atoms with Gasteiger partial charge in [-0.05, 0) is 71.3 Å². The second-order valence-corrected chi connectivity index (χ2v) is 9.20. The predicted molar refractivity (Wildman–Crippen MR) is 133 cm³/mol. The van der Waals surface area contributed by atoms with E-state index < -0.39 is 0 Å². The van der Waals surface area contributed by atoms with Gasteiger partial charge < -0.3 is 10.6 Å². The van der Waals surface area contributed by atoms with Crippen molar-refractivity contribution in [2.24, 2.45) is 7.05 Å². The molecule has 0 unspecified atom stereocenters. The van der Waals surface area contributed by atoms with E-state index in [1.807, 2.05) is 27.8 Å². The Morgan fingerprint density at radius 3 is 2.55 bits per heavy atom. The lowest BCUT2D eigenvalue weighted by atomic mass is 9.93. The van der Waals surface area contributed by atoms with E-state index in [9.17, 15) is 4.79 Å². The Balaban J connectivity index is 1.42. The third-order valence-corrected chi connectivity index (χ3v) is 6.38. The number of pyridine rings is 1. The number of rotatable bonds is 6. The number of nitrogens with zero attached hydrogens (tertiary/aromatic N) is 4. The Kier molecular flexibility index (Phi) is 6.79. The first-order valence-electron chi connectivity index (χ1n) is 11.6. The largest absolute Gasteiger partial charge is 0.355 e. The van der Waals surface area contributed by atoms with E-state index in [0.717, 1.165) is 65.8 Å². The molecule has 0 radical (unpaired) electrons. The Morgan fingerprint density at radius 1 is 1.09 bits per heavy atom. The summed E-state index contributed by atoms with van der Waals surface area (Å²) >= 11 is 0. The van der Waals surface area contributed by atoms with E-state index in [1.54, 1.807) is 4.68 Å². The summed E-state index contributed by atoms with van der Waals surface area (Å²) in [6.45, 7) is 10.2. The summed E-state index contributed by atoms with van der Waals surface area (Å²) in [7, 11) is 1.89. The Hall–Kier alpha value is -3.19. The highest BCUT2D eigenvalue weighted by Crippen LogP contribution is 2.29. The highest BCUT2D eigenvalue weighted by Gasteiger charge is 2.25. The lowest BCUT2D eigenvalue weighted by molar-refractivity contribution is -0.117. The van der Waals surface area contributed by atoms with Crippen LogP contribution in [0.25, 0.3) is 0 Å². The fourth-order valence-corrected chi connectivity index (χ4v) is 4.56. The smallest absolute Gasteiger partial charge is 0.238 e. The average Bonchev–Trinajstić information content (AvgIpc) is 3.01. The van der Waals surface area contributed by atoms with Crippen LogP contribution in [0.5, 0.6) is 0 Å². The van der Waals surface area contributed by atoms with Crippen LogP contribution in [-0.4, -0.2) is 45.2 Å². The highest BCUT2D eigenvalue weighted by molar-refractivity contribution is 5.93. The number of hydrogen-bond donors (Lipinski definition) is 2. The van der Waals surface area contributed by atoms with Gasteiger partial charge in [-0.1, -0.05) is 17.7 Å². The van der Waals surface area contributed by atoms with Crippen molar-refractivity contribution in [2.45, 2.75) is 46.5 Å². The van der Waals surface area contributed by atoms with Crippen LogP contribution < -0.4 is 10.6 Å². The van der Waals surface area contributed by atoms with Gasteiger partial charge in [0, 0.05) is 42.3 Å². The van der Waals surface area contributed by atoms with Gasteiger partial charge in [0.1, 0.15) is 0 Å². The van der Waals surface area contributed by atoms with E-state index in [4.69, 9.17) is 4.98 Å². The number of nitrogens with one attached hydrogen (secondary N) is 2. The quantitative estimate of drug-likeness (QED) is 0.578. The number of benzene rings is 1. The van der Waals surface area contributed by atoms with E-state index in [0.29, 0.717) is 12.5 Å². The van der Waals surface area contributed by atoms with Crippen molar-refractivity contribution in [3.8, 4) is 0 Å². The van der Waals surface area contributed by atoms with Crippen molar-refractivity contribution in [2.75, 3.05) is 30.3 Å². The summed E-state index contributed by atoms with van der Waals surface area (Å²) in [6, 6.07) is 12.6. The maximum absolute atomic E-state index is 12.8. The summed E-state index contributed by atoms with van der Waals surface area (Å²) < 4.78 is 1.80. The zero-order valence-electron chi connectivity index (χ0n) is 20.3. The van der Waals surface area contributed by atoms with Gasteiger partial charge in [0.25, 0.3) is 0 Å². The van der Waals surface area contributed by atoms with Crippen LogP contribution in [0.3, 0.4) is 0 Å². The van der Waals surface area contributed by atoms with Gasteiger partial charge in [0.2, 0.25) is 5.91 Å². The van der Waals surface area contributed by atoms with Gasteiger partial charge >= 0.3 is 0 Å². The van der Waals surface area contributed by atoms with Crippen molar-refractivity contribution < 1.29 is 4.79 Å². The molecule has 2 N–H and O–H groups in total. The molecule has 3 aromatic rings. The SMILES string of the molecule is Cc1ccc(Nc2cc(C)nc([C@H]3CCCN(CC(=O)Nc4c(C)nn(C)c4C)C3)c2)cc1. The van der Waals surface area contributed by atoms with E-state index in [1.165, 1.54) is 5.56 Å². The van der Waals surface area contributed by atoms with Crippen LogP contribution in [0, 0.1) is 27.7 Å². The zero-order chi connectivity index (χ0) is 23.5. The number of carbonyl (C=O) groups excluding carboxylic acids is 1. The first kappa shape index (κ1) is 23.0. The van der Waals surface area contributed by atoms with Crippen molar-refractivity contribution in [3.63, 3.8) is 0 Å². The summed E-state index contributed by atoms with van der Waals surface area (Å²) in [5, 5.41) is 11.0. The molecule has 1 aromatic carbocycles. The topological polar surface area (TPSA) is 75.1 Å². The van der Waals surface area contributed by atoms with Gasteiger partial charge in [0.15, 0.2) is 0 Å². The summed E-state index contributed by atoms with van der Waals surface area (Å²) in [5.41, 5.74) is 8.09. The molecule has 1 atom stereocenters. The zero-order valence-corrected chi connectivity index (χ0v) is 20.3.